The summed E-state index contributed by atoms with van der Waals surface area (Å²) in [6, 6.07) is 0.774. The number of aryl methyl sites for hydroxylation is 1. The molecule has 1 N–H and O–H groups in total. The van der Waals surface area contributed by atoms with Gasteiger partial charge in [-0.2, -0.15) is 13.2 Å². The normalized spacial score (nSPS) is 20.9. The first-order valence-corrected chi connectivity index (χ1v) is 12.6. The molecule has 2 aliphatic heterocycles. The van der Waals surface area contributed by atoms with Crippen molar-refractivity contribution in [2.24, 2.45) is 0 Å². The molecule has 2 aliphatic rings. The summed E-state index contributed by atoms with van der Waals surface area (Å²) in [5.74, 6) is -3.71. The molecule has 2 unspecified atom stereocenters. The molecule has 40 heavy (non-hydrogen) atoms. The minimum Gasteiger partial charge on any atom is -0.390 e. The zero-order valence-electron chi connectivity index (χ0n) is 21.4. The van der Waals surface area contributed by atoms with Crippen molar-refractivity contribution >= 4 is 35.0 Å². The van der Waals surface area contributed by atoms with Gasteiger partial charge in [0, 0.05) is 38.9 Å². The fourth-order valence-corrected chi connectivity index (χ4v) is 5.03. The average Bonchev–Trinajstić information content (AvgIpc) is 3.42. The van der Waals surface area contributed by atoms with Crippen LogP contribution in [0.1, 0.15) is 17.7 Å². The van der Waals surface area contributed by atoms with Crippen LogP contribution in [-0.4, -0.2) is 89.9 Å². The number of carbonyl (C=O) groups excluding carboxylic acids is 2. The molecule has 218 valence electrons. The smallest absolute Gasteiger partial charge is 0.390 e. The Kier molecular flexibility index (Phi) is 8.52. The van der Waals surface area contributed by atoms with Gasteiger partial charge in [0.1, 0.15) is 28.9 Å². The van der Waals surface area contributed by atoms with Crippen molar-refractivity contribution in [3.8, 4) is 0 Å². The predicted molar refractivity (Wildman–Crippen MR) is 134 cm³/mol. The number of β-amino-alcohol motifs (C(OH)–C–C–N with tert-alkyl or cyclic N) is 1. The van der Waals surface area contributed by atoms with Gasteiger partial charge < -0.3 is 14.9 Å². The van der Waals surface area contributed by atoms with Crippen LogP contribution in [0.5, 0.6) is 0 Å². The van der Waals surface area contributed by atoms with Crippen LogP contribution >= 0.6 is 11.6 Å². The topological polar surface area (TPSA) is 80.2 Å². The van der Waals surface area contributed by atoms with E-state index >= 15 is 0 Å². The molecule has 1 aromatic heterocycles. The zero-order valence-corrected chi connectivity index (χ0v) is 22.2. The van der Waals surface area contributed by atoms with Crippen LogP contribution in [0.3, 0.4) is 0 Å². The largest absolute Gasteiger partial charge is 0.416 e. The van der Waals surface area contributed by atoms with Crippen LogP contribution < -0.4 is 9.80 Å². The molecule has 4 rings (SSSR count). The van der Waals surface area contributed by atoms with E-state index in [1.54, 1.807) is 4.90 Å². The van der Waals surface area contributed by atoms with Gasteiger partial charge in [-0.05, 0) is 37.6 Å². The minimum atomic E-state index is -4.78. The molecule has 0 spiro atoms. The van der Waals surface area contributed by atoms with Crippen LogP contribution in [0.2, 0.25) is 5.02 Å². The van der Waals surface area contributed by atoms with E-state index in [1.165, 1.54) is 6.92 Å². The highest BCUT2D eigenvalue weighted by molar-refractivity contribution is 6.31. The number of rotatable bonds is 7. The molecule has 8 nitrogen and oxygen atoms in total. The van der Waals surface area contributed by atoms with Crippen molar-refractivity contribution < 1.29 is 41.0 Å². The highest BCUT2D eigenvalue weighted by Gasteiger charge is 2.46. The van der Waals surface area contributed by atoms with Gasteiger partial charge in [-0.25, -0.2) is 22.9 Å². The second kappa shape index (κ2) is 11.4. The van der Waals surface area contributed by atoms with E-state index in [9.17, 15) is 41.0 Å². The number of carbonyl (C=O) groups is 2. The number of aromatic nitrogens is 1. The first-order chi connectivity index (χ1) is 18.7. The van der Waals surface area contributed by atoms with Crippen molar-refractivity contribution in [3.63, 3.8) is 0 Å². The molecule has 3 heterocycles. The molecule has 1 aromatic carbocycles. The van der Waals surface area contributed by atoms with Crippen molar-refractivity contribution in [3.05, 3.63) is 52.2 Å². The van der Waals surface area contributed by atoms with Crippen LogP contribution in [0.25, 0.3) is 0 Å². The summed E-state index contributed by atoms with van der Waals surface area (Å²) in [5, 5.41) is 9.73. The van der Waals surface area contributed by atoms with Gasteiger partial charge in [0.15, 0.2) is 5.82 Å². The summed E-state index contributed by atoms with van der Waals surface area (Å²) >= 11 is 5.64. The standard InChI is InChI=1S/C25H26ClF6N5O3/c1-13-7-14(25(30,31)32)8-20(33-13)37-19(23(39)34(2)18-4-3-17(28)21(26)22(18)29)12-36(24(37)40)11-16(38)10-35-6-5-15(27)9-35/h3-4,7-8,15-16,19,38H,5-6,9-12H2,1-2H3/t15-,16?,19?/m1/s1. The number of urea groups is 1. The number of alkyl halides is 4. The van der Waals surface area contributed by atoms with Gasteiger partial charge in [0.05, 0.1) is 23.9 Å². The first kappa shape index (κ1) is 29.9. The third-order valence-electron chi connectivity index (χ3n) is 6.80. The highest BCUT2D eigenvalue weighted by Crippen LogP contribution is 2.35. The van der Waals surface area contributed by atoms with Gasteiger partial charge in [-0.1, -0.05) is 11.6 Å². The molecule has 0 saturated carbocycles. The summed E-state index contributed by atoms with van der Waals surface area (Å²) in [5.41, 5.74) is -1.61. The number of hydrogen-bond donors (Lipinski definition) is 1. The number of halogens is 7. The number of amides is 3. The van der Waals surface area contributed by atoms with E-state index in [4.69, 9.17) is 11.6 Å². The van der Waals surface area contributed by atoms with Gasteiger partial charge in [0.2, 0.25) is 0 Å². The molecule has 2 saturated heterocycles. The van der Waals surface area contributed by atoms with Crippen molar-refractivity contribution in [1.82, 2.24) is 14.8 Å². The number of pyridine rings is 1. The number of benzene rings is 1. The monoisotopic (exact) mass is 593 g/mol. The lowest BCUT2D eigenvalue weighted by atomic mass is 10.1. The number of aliphatic hydroxyl groups is 1. The van der Waals surface area contributed by atoms with Crippen LogP contribution in [0.15, 0.2) is 24.3 Å². The fourth-order valence-electron chi connectivity index (χ4n) is 4.87. The van der Waals surface area contributed by atoms with Crippen molar-refractivity contribution in [1.29, 1.82) is 0 Å². The van der Waals surface area contributed by atoms with Gasteiger partial charge in [-0.15, -0.1) is 0 Å². The number of likely N-dealkylation sites (N-methyl/N-ethyl adjacent to an activating group) is 1. The van der Waals surface area contributed by atoms with E-state index in [0.717, 1.165) is 39.9 Å². The minimum absolute atomic E-state index is 0.0307. The summed E-state index contributed by atoms with van der Waals surface area (Å²) in [4.78, 5) is 35.4. The number of aliphatic hydroxyl groups excluding tert-OH is 1. The lowest BCUT2D eigenvalue weighted by Gasteiger charge is -2.27. The van der Waals surface area contributed by atoms with Gasteiger partial charge in [0.25, 0.3) is 5.91 Å². The average molecular weight is 594 g/mol. The zero-order chi connectivity index (χ0) is 29.5. The second-order valence-electron chi connectivity index (χ2n) is 9.82. The van der Waals surface area contributed by atoms with E-state index in [0.29, 0.717) is 19.0 Å². The van der Waals surface area contributed by atoms with E-state index in [-0.39, 0.29) is 25.3 Å². The summed E-state index contributed by atoms with van der Waals surface area (Å²) < 4.78 is 82.6. The maximum atomic E-state index is 14.7. The first-order valence-electron chi connectivity index (χ1n) is 12.3. The quantitative estimate of drug-likeness (QED) is 0.388. The summed E-state index contributed by atoms with van der Waals surface area (Å²) in [6.07, 6.45) is -6.68. The Morgan fingerprint density at radius 3 is 2.55 bits per heavy atom. The fraction of sp³-hybridized carbons (Fsp3) is 0.480. The third-order valence-corrected chi connectivity index (χ3v) is 7.15. The lowest BCUT2D eigenvalue weighted by molar-refractivity contribution is -0.137. The maximum absolute atomic E-state index is 14.7. The number of nitrogens with zero attached hydrogens (tertiary/aromatic N) is 5. The molecule has 15 heteroatoms. The molecule has 0 bridgehead atoms. The van der Waals surface area contributed by atoms with Gasteiger partial charge >= 0.3 is 12.2 Å². The van der Waals surface area contributed by atoms with Crippen LogP contribution in [0.4, 0.5) is 42.6 Å². The molecule has 2 aromatic rings. The second-order valence-corrected chi connectivity index (χ2v) is 10.2. The molecule has 0 aliphatic carbocycles. The van der Waals surface area contributed by atoms with E-state index < -0.39 is 76.7 Å². The van der Waals surface area contributed by atoms with E-state index in [2.05, 4.69) is 4.98 Å². The van der Waals surface area contributed by atoms with Crippen molar-refractivity contribution in [2.45, 2.75) is 37.8 Å². The Morgan fingerprint density at radius 1 is 1.23 bits per heavy atom. The number of anilines is 2. The maximum Gasteiger partial charge on any atom is 0.416 e. The molecule has 3 atom stereocenters. The summed E-state index contributed by atoms with van der Waals surface area (Å²) in [6.45, 7) is 1.13. The predicted octanol–water partition coefficient (Wildman–Crippen LogP) is 4.02. The van der Waals surface area contributed by atoms with Crippen LogP contribution in [0, 0.1) is 18.6 Å². The van der Waals surface area contributed by atoms with E-state index in [1.807, 2.05) is 0 Å². The third kappa shape index (κ3) is 6.13. The molecule has 3 amide bonds. The summed E-state index contributed by atoms with van der Waals surface area (Å²) in [7, 11) is 1.14. The highest BCUT2D eigenvalue weighted by atomic mass is 35.5. The lowest BCUT2D eigenvalue weighted by Crippen LogP contribution is -2.47. The Balaban J connectivity index is 1.67. The van der Waals surface area contributed by atoms with Crippen LogP contribution in [-0.2, 0) is 11.0 Å². The molecular formula is C25H26ClF6N5O3. The number of likely N-dealkylation sites (tertiary alicyclic amines) is 1. The SMILES string of the molecule is Cc1cc(C(F)(F)F)cc(N2C(=O)N(CC(O)CN3CC[C@@H](F)C3)CC2C(=O)N(C)c2ccc(F)c(Cl)c2F)n1. The molecule has 0 radical (unpaired) electrons. The Morgan fingerprint density at radius 2 is 1.93 bits per heavy atom. The Bertz CT molecular complexity index is 1300. The Labute approximate surface area is 230 Å². The molecule has 2 fully saturated rings. The molecular weight excluding hydrogens is 568 g/mol. The van der Waals surface area contributed by atoms with Gasteiger partial charge in [-0.3, -0.25) is 14.6 Å². The number of hydrogen-bond acceptors (Lipinski definition) is 5. The van der Waals surface area contributed by atoms with Crippen molar-refractivity contribution in [2.75, 3.05) is 49.6 Å². The Hall–Kier alpha value is -3.10.